The van der Waals surface area contributed by atoms with Crippen molar-refractivity contribution in [2.75, 3.05) is 18.6 Å². The van der Waals surface area contributed by atoms with Gasteiger partial charge in [0.1, 0.15) is 17.6 Å². The van der Waals surface area contributed by atoms with Crippen molar-refractivity contribution in [1.82, 2.24) is 9.97 Å². The second-order valence-electron chi connectivity index (χ2n) is 4.18. The van der Waals surface area contributed by atoms with Gasteiger partial charge >= 0.3 is 0 Å². The number of ether oxygens (including phenoxy) is 1. The summed E-state index contributed by atoms with van der Waals surface area (Å²) in [7, 11) is 2.04. The fraction of sp³-hybridized carbons (Fsp3) is 0.692. The Bertz CT molecular complexity index is 369. The van der Waals surface area contributed by atoms with E-state index in [0.717, 1.165) is 18.7 Å². The smallest absolute Gasteiger partial charge is 0.158 e. The molecule has 0 radical (unpaired) electrons. The number of nitrogens with zero attached hydrogens (tertiary/aromatic N) is 3. The highest BCUT2D eigenvalue weighted by Gasteiger charge is 2.14. The van der Waals surface area contributed by atoms with Crippen molar-refractivity contribution in [2.24, 2.45) is 0 Å². The molecule has 0 aromatic carbocycles. The molecule has 1 rings (SSSR count). The Labute approximate surface area is 114 Å². The maximum atomic E-state index is 6.03. The minimum atomic E-state index is 0.404. The summed E-state index contributed by atoms with van der Waals surface area (Å²) in [6.45, 7) is 7.35. The van der Waals surface area contributed by atoms with Gasteiger partial charge in [0, 0.05) is 25.8 Å². The Kier molecular flexibility index (Phi) is 6.36. The van der Waals surface area contributed by atoms with Crippen LogP contribution in [0.3, 0.4) is 0 Å². The van der Waals surface area contributed by atoms with Gasteiger partial charge in [-0.3, -0.25) is 0 Å². The van der Waals surface area contributed by atoms with E-state index in [0.29, 0.717) is 30.2 Å². The molecule has 0 aliphatic rings. The lowest BCUT2D eigenvalue weighted by atomic mass is 10.1. The Morgan fingerprint density at radius 2 is 1.94 bits per heavy atom. The van der Waals surface area contributed by atoms with Gasteiger partial charge in [0.05, 0.1) is 0 Å². The standard InChI is InChI=1S/C13H22ClN3O/c1-5-10(6-2)17(4)13-8-11(14)15-12(16-13)9-18-7-3/h8,10H,5-7,9H2,1-4H3. The van der Waals surface area contributed by atoms with Crippen molar-refractivity contribution in [2.45, 2.75) is 46.3 Å². The average molecular weight is 272 g/mol. The number of hydrogen-bond donors (Lipinski definition) is 0. The predicted molar refractivity (Wildman–Crippen MR) is 75.1 cm³/mol. The SMILES string of the molecule is CCOCc1nc(Cl)cc(N(C)C(CC)CC)n1. The maximum absolute atomic E-state index is 6.03. The first-order valence-corrected chi connectivity index (χ1v) is 6.84. The molecule has 0 saturated heterocycles. The predicted octanol–water partition coefficient (Wildman–Crippen LogP) is 3.29. The first-order chi connectivity index (χ1) is 8.62. The van der Waals surface area contributed by atoms with Gasteiger partial charge in [0.15, 0.2) is 5.82 Å². The summed E-state index contributed by atoms with van der Waals surface area (Å²) in [6, 6.07) is 2.27. The third-order valence-electron chi connectivity index (χ3n) is 3.01. The van der Waals surface area contributed by atoms with E-state index in [1.54, 1.807) is 6.07 Å². The monoisotopic (exact) mass is 271 g/mol. The van der Waals surface area contributed by atoms with Crippen molar-refractivity contribution >= 4 is 17.4 Å². The normalized spacial score (nSPS) is 11.0. The zero-order valence-electron chi connectivity index (χ0n) is 11.6. The van der Waals surface area contributed by atoms with Crippen molar-refractivity contribution in [3.8, 4) is 0 Å². The van der Waals surface area contributed by atoms with Gasteiger partial charge in [-0.05, 0) is 19.8 Å². The molecular formula is C13H22ClN3O. The van der Waals surface area contributed by atoms with Crippen LogP contribution in [-0.4, -0.2) is 29.7 Å². The lowest BCUT2D eigenvalue weighted by Crippen LogP contribution is -2.31. The van der Waals surface area contributed by atoms with Crippen LogP contribution in [0.25, 0.3) is 0 Å². The van der Waals surface area contributed by atoms with E-state index in [2.05, 4.69) is 28.7 Å². The summed E-state index contributed by atoms with van der Waals surface area (Å²) < 4.78 is 5.32. The second kappa shape index (κ2) is 7.54. The van der Waals surface area contributed by atoms with Crippen LogP contribution in [-0.2, 0) is 11.3 Å². The lowest BCUT2D eigenvalue weighted by molar-refractivity contribution is 0.128. The molecule has 1 aromatic rings. The van der Waals surface area contributed by atoms with E-state index >= 15 is 0 Å². The maximum Gasteiger partial charge on any atom is 0.158 e. The highest BCUT2D eigenvalue weighted by molar-refractivity contribution is 6.29. The lowest BCUT2D eigenvalue weighted by Gasteiger charge is -2.27. The van der Waals surface area contributed by atoms with Gasteiger partial charge in [-0.25, -0.2) is 9.97 Å². The molecule has 0 spiro atoms. The molecule has 0 bridgehead atoms. The van der Waals surface area contributed by atoms with E-state index in [9.17, 15) is 0 Å². The molecule has 102 valence electrons. The van der Waals surface area contributed by atoms with Crippen molar-refractivity contribution in [3.05, 3.63) is 17.0 Å². The van der Waals surface area contributed by atoms with Crippen LogP contribution in [0, 0.1) is 0 Å². The minimum absolute atomic E-state index is 0.404. The number of halogens is 1. The fourth-order valence-corrected chi connectivity index (χ4v) is 2.11. The zero-order chi connectivity index (χ0) is 13.5. The van der Waals surface area contributed by atoms with Crippen LogP contribution >= 0.6 is 11.6 Å². The van der Waals surface area contributed by atoms with Gasteiger partial charge in [0.25, 0.3) is 0 Å². The number of anilines is 1. The molecule has 0 unspecified atom stereocenters. The molecule has 0 amide bonds. The van der Waals surface area contributed by atoms with Gasteiger partial charge in [-0.1, -0.05) is 25.4 Å². The van der Waals surface area contributed by atoms with Crippen LogP contribution in [0.4, 0.5) is 5.82 Å². The highest BCUT2D eigenvalue weighted by atomic mass is 35.5. The molecule has 18 heavy (non-hydrogen) atoms. The third kappa shape index (κ3) is 4.10. The van der Waals surface area contributed by atoms with Crippen LogP contribution in [0.15, 0.2) is 6.07 Å². The van der Waals surface area contributed by atoms with Gasteiger partial charge in [0.2, 0.25) is 0 Å². The molecule has 1 aromatic heterocycles. The first-order valence-electron chi connectivity index (χ1n) is 6.46. The Balaban J connectivity index is 2.90. The zero-order valence-corrected chi connectivity index (χ0v) is 12.4. The van der Waals surface area contributed by atoms with Gasteiger partial charge in [-0.15, -0.1) is 0 Å². The molecule has 0 atom stereocenters. The average Bonchev–Trinajstić information content (AvgIpc) is 2.37. The largest absolute Gasteiger partial charge is 0.374 e. The van der Waals surface area contributed by atoms with E-state index in [1.807, 2.05) is 14.0 Å². The minimum Gasteiger partial charge on any atom is -0.374 e. The molecule has 5 heteroatoms. The molecule has 0 aliphatic heterocycles. The molecule has 0 N–H and O–H groups in total. The van der Waals surface area contributed by atoms with Gasteiger partial charge in [-0.2, -0.15) is 0 Å². The van der Waals surface area contributed by atoms with E-state index in [4.69, 9.17) is 16.3 Å². The molecule has 1 heterocycles. The molecule has 4 nitrogen and oxygen atoms in total. The summed E-state index contributed by atoms with van der Waals surface area (Å²) in [5.74, 6) is 1.50. The highest BCUT2D eigenvalue weighted by Crippen LogP contribution is 2.19. The van der Waals surface area contributed by atoms with Crippen LogP contribution < -0.4 is 4.90 Å². The first kappa shape index (κ1) is 15.2. The van der Waals surface area contributed by atoms with Crippen LogP contribution in [0.1, 0.15) is 39.4 Å². The summed E-state index contributed by atoms with van der Waals surface area (Å²) in [5.41, 5.74) is 0. The third-order valence-corrected chi connectivity index (χ3v) is 3.21. The van der Waals surface area contributed by atoms with Crippen molar-refractivity contribution in [3.63, 3.8) is 0 Å². The van der Waals surface area contributed by atoms with Crippen molar-refractivity contribution < 1.29 is 4.74 Å². The molecule has 0 fully saturated rings. The van der Waals surface area contributed by atoms with Crippen molar-refractivity contribution in [1.29, 1.82) is 0 Å². The molecular weight excluding hydrogens is 250 g/mol. The number of rotatable bonds is 7. The summed E-state index contributed by atoms with van der Waals surface area (Å²) >= 11 is 6.03. The van der Waals surface area contributed by atoms with E-state index in [-0.39, 0.29) is 0 Å². The summed E-state index contributed by atoms with van der Waals surface area (Å²) in [5, 5.41) is 0.465. The van der Waals surface area contributed by atoms with Gasteiger partial charge < -0.3 is 9.64 Å². The molecule has 0 aliphatic carbocycles. The second-order valence-corrected chi connectivity index (χ2v) is 4.57. The molecule has 0 saturated carbocycles. The number of aromatic nitrogens is 2. The van der Waals surface area contributed by atoms with E-state index < -0.39 is 0 Å². The van der Waals surface area contributed by atoms with E-state index in [1.165, 1.54) is 0 Å². The summed E-state index contributed by atoms with van der Waals surface area (Å²) in [4.78, 5) is 10.8. The topological polar surface area (TPSA) is 38.2 Å². The van der Waals surface area contributed by atoms with Crippen LogP contribution in [0.5, 0.6) is 0 Å². The Morgan fingerprint density at radius 3 is 2.50 bits per heavy atom. The quantitative estimate of drug-likeness (QED) is 0.714. The Morgan fingerprint density at radius 1 is 1.28 bits per heavy atom. The fourth-order valence-electron chi connectivity index (χ4n) is 1.91. The number of hydrogen-bond acceptors (Lipinski definition) is 4. The van der Waals surface area contributed by atoms with Crippen LogP contribution in [0.2, 0.25) is 5.15 Å². The Hall–Kier alpha value is -0.870. The summed E-state index contributed by atoms with van der Waals surface area (Å²) in [6.07, 6.45) is 2.16.